The highest BCUT2D eigenvalue weighted by molar-refractivity contribution is 5.79. The molecule has 0 saturated carbocycles. The molecule has 0 radical (unpaired) electrons. The van der Waals surface area contributed by atoms with Crippen molar-refractivity contribution in [1.29, 1.82) is 0 Å². The van der Waals surface area contributed by atoms with E-state index in [2.05, 4.69) is 22.1 Å². The normalized spacial score (nSPS) is 15.6. The van der Waals surface area contributed by atoms with Crippen LogP contribution in [-0.2, 0) is 4.79 Å². The molecule has 1 aliphatic rings. The van der Waals surface area contributed by atoms with Crippen LogP contribution in [-0.4, -0.2) is 17.0 Å². The van der Waals surface area contributed by atoms with Crippen LogP contribution in [0.1, 0.15) is 12.8 Å². The minimum absolute atomic E-state index is 0.0933. The quantitative estimate of drug-likeness (QED) is 0.874. The first-order valence-electron chi connectivity index (χ1n) is 6.13. The molecule has 1 saturated heterocycles. The van der Waals surface area contributed by atoms with Crippen LogP contribution in [0.25, 0.3) is 5.69 Å². The SMILES string of the molecule is O=C1CCCN(c2ccc(-n3cccc3)cc2)N1. The molecule has 0 bridgehead atoms. The number of carbonyl (C=O) groups excluding carboxylic acids is 1. The Morgan fingerprint density at radius 1 is 1.00 bits per heavy atom. The highest BCUT2D eigenvalue weighted by Gasteiger charge is 2.15. The molecule has 3 rings (SSSR count). The molecule has 2 aromatic rings. The second kappa shape index (κ2) is 4.56. The molecule has 4 nitrogen and oxygen atoms in total. The molecule has 1 aromatic heterocycles. The maximum Gasteiger partial charge on any atom is 0.238 e. The van der Waals surface area contributed by atoms with Crippen molar-refractivity contribution < 1.29 is 4.79 Å². The van der Waals surface area contributed by atoms with E-state index >= 15 is 0 Å². The Balaban J connectivity index is 1.80. The van der Waals surface area contributed by atoms with Gasteiger partial charge < -0.3 is 4.57 Å². The molecule has 1 aliphatic heterocycles. The van der Waals surface area contributed by atoms with Crippen molar-refractivity contribution in [2.75, 3.05) is 11.6 Å². The Morgan fingerprint density at radius 2 is 1.67 bits per heavy atom. The lowest BCUT2D eigenvalue weighted by atomic mass is 10.2. The molecule has 0 aliphatic carbocycles. The maximum atomic E-state index is 11.3. The van der Waals surface area contributed by atoms with Gasteiger partial charge in [-0.2, -0.15) is 0 Å². The van der Waals surface area contributed by atoms with Gasteiger partial charge in [-0.05, 0) is 42.8 Å². The summed E-state index contributed by atoms with van der Waals surface area (Å²) in [4.78, 5) is 11.3. The van der Waals surface area contributed by atoms with E-state index in [4.69, 9.17) is 0 Å². The summed E-state index contributed by atoms with van der Waals surface area (Å²) < 4.78 is 2.05. The predicted molar refractivity (Wildman–Crippen MR) is 70.5 cm³/mol. The van der Waals surface area contributed by atoms with E-state index in [0.29, 0.717) is 6.42 Å². The third-order valence-electron chi connectivity index (χ3n) is 3.11. The molecule has 1 amide bonds. The van der Waals surface area contributed by atoms with Gasteiger partial charge in [0.05, 0.1) is 5.69 Å². The third-order valence-corrected chi connectivity index (χ3v) is 3.11. The Kier molecular flexibility index (Phi) is 2.76. The van der Waals surface area contributed by atoms with Crippen molar-refractivity contribution in [1.82, 2.24) is 9.99 Å². The van der Waals surface area contributed by atoms with Gasteiger partial charge in [-0.15, -0.1) is 0 Å². The first-order chi connectivity index (χ1) is 8.83. The van der Waals surface area contributed by atoms with E-state index in [0.717, 1.165) is 24.3 Å². The molecule has 0 atom stereocenters. The van der Waals surface area contributed by atoms with Crippen LogP contribution in [0.3, 0.4) is 0 Å². The number of nitrogens with zero attached hydrogens (tertiary/aromatic N) is 2. The van der Waals surface area contributed by atoms with Crippen molar-refractivity contribution in [2.45, 2.75) is 12.8 Å². The van der Waals surface area contributed by atoms with Gasteiger partial charge in [0.25, 0.3) is 0 Å². The van der Waals surface area contributed by atoms with Crippen molar-refractivity contribution in [2.24, 2.45) is 0 Å². The number of amides is 1. The monoisotopic (exact) mass is 241 g/mol. The Hall–Kier alpha value is -2.23. The van der Waals surface area contributed by atoms with Gasteiger partial charge >= 0.3 is 0 Å². The summed E-state index contributed by atoms with van der Waals surface area (Å²) in [6, 6.07) is 12.2. The summed E-state index contributed by atoms with van der Waals surface area (Å²) in [6.07, 6.45) is 5.55. The number of hydrogen-bond donors (Lipinski definition) is 1. The highest BCUT2D eigenvalue weighted by Crippen LogP contribution is 2.18. The van der Waals surface area contributed by atoms with Gasteiger partial charge in [0.1, 0.15) is 0 Å². The number of rotatable bonds is 2. The largest absolute Gasteiger partial charge is 0.324 e. The second-order valence-electron chi connectivity index (χ2n) is 4.40. The number of benzene rings is 1. The van der Waals surface area contributed by atoms with Crippen LogP contribution >= 0.6 is 0 Å². The van der Waals surface area contributed by atoms with E-state index in [1.165, 1.54) is 0 Å². The fourth-order valence-electron chi connectivity index (χ4n) is 2.17. The smallest absolute Gasteiger partial charge is 0.238 e. The lowest BCUT2D eigenvalue weighted by molar-refractivity contribution is -0.122. The summed E-state index contributed by atoms with van der Waals surface area (Å²) in [6.45, 7) is 0.870. The van der Waals surface area contributed by atoms with Gasteiger partial charge in [0.15, 0.2) is 0 Å². The number of carbonyl (C=O) groups is 1. The number of hydrogen-bond acceptors (Lipinski definition) is 2. The molecular formula is C14H15N3O. The minimum Gasteiger partial charge on any atom is -0.324 e. The van der Waals surface area contributed by atoms with Crippen LogP contribution in [0.4, 0.5) is 5.69 Å². The first kappa shape index (κ1) is 10.9. The Labute approximate surface area is 106 Å². The van der Waals surface area contributed by atoms with E-state index in [-0.39, 0.29) is 5.91 Å². The zero-order chi connectivity index (χ0) is 12.4. The Morgan fingerprint density at radius 3 is 2.33 bits per heavy atom. The summed E-state index contributed by atoms with van der Waals surface area (Å²) in [5.41, 5.74) is 5.02. The van der Waals surface area contributed by atoms with Crippen molar-refractivity contribution in [3.05, 3.63) is 48.8 Å². The highest BCUT2D eigenvalue weighted by atomic mass is 16.2. The van der Waals surface area contributed by atoms with E-state index in [1.807, 2.05) is 41.7 Å². The molecule has 2 heterocycles. The second-order valence-corrected chi connectivity index (χ2v) is 4.40. The van der Waals surface area contributed by atoms with Crippen molar-refractivity contribution in [3.63, 3.8) is 0 Å². The molecule has 4 heteroatoms. The fraction of sp³-hybridized carbons (Fsp3) is 0.214. The third kappa shape index (κ3) is 2.09. The fourth-order valence-corrected chi connectivity index (χ4v) is 2.17. The molecule has 0 unspecified atom stereocenters. The molecule has 92 valence electrons. The maximum absolute atomic E-state index is 11.3. The van der Waals surface area contributed by atoms with Crippen LogP contribution < -0.4 is 10.4 Å². The van der Waals surface area contributed by atoms with E-state index < -0.39 is 0 Å². The number of hydrazine groups is 1. The van der Waals surface area contributed by atoms with E-state index in [1.54, 1.807) is 0 Å². The van der Waals surface area contributed by atoms with Crippen LogP contribution in [0.15, 0.2) is 48.8 Å². The minimum atomic E-state index is 0.0933. The average molecular weight is 241 g/mol. The standard InChI is InChI=1S/C14H15N3O/c18-14-4-3-11-17(15-14)13-7-5-12(6-8-13)16-9-1-2-10-16/h1-2,5-10H,3-4,11H2,(H,15,18). The predicted octanol–water partition coefficient (Wildman–Crippen LogP) is 2.11. The Bertz CT molecular complexity index is 531. The summed E-state index contributed by atoms with van der Waals surface area (Å²) in [5.74, 6) is 0.0933. The van der Waals surface area contributed by atoms with Crippen molar-refractivity contribution in [3.8, 4) is 5.69 Å². The summed E-state index contributed by atoms with van der Waals surface area (Å²) >= 11 is 0. The summed E-state index contributed by atoms with van der Waals surface area (Å²) in [5, 5.41) is 1.91. The molecule has 0 spiro atoms. The molecule has 1 fully saturated rings. The van der Waals surface area contributed by atoms with Gasteiger partial charge in [-0.25, -0.2) is 0 Å². The van der Waals surface area contributed by atoms with Crippen LogP contribution in [0.2, 0.25) is 0 Å². The van der Waals surface area contributed by atoms with Gasteiger partial charge in [-0.1, -0.05) is 0 Å². The summed E-state index contributed by atoms with van der Waals surface area (Å²) in [7, 11) is 0. The molecule has 18 heavy (non-hydrogen) atoms. The van der Waals surface area contributed by atoms with Crippen LogP contribution in [0, 0.1) is 0 Å². The lowest BCUT2D eigenvalue weighted by Crippen LogP contribution is -2.46. The van der Waals surface area contributed by atoms with Crippen LogP contribution in [0.5, 0.6) is 0 Å². The van der Waals surface area contributed by atoms with Crippen molar-refractivity contribution >= 4 is 11.6 Å². The van der Waals surface area contributed by atoms with E-state index in [9.17, 15) is 4.79 Å². The zero-order valence-electron chi connectivity index (χ0n) is 10.0. The molecule has 1 N–H and O–H groups in total. The first-order valence-corrected chi connectivity index (χ1v) is 6.13. The number of nitrogens with one attached hydrogen (secondary N) is 1. The van der Waals surface area contributed by atoms with Gasteiger partial charge in [0.2, 0.25) is 5.91 Å². The number of anilines is 1. The zero-order valence-corrected chi connectivity index (χ0v) is 10.0. The number of aromatic nitrogens is 1. The molecule has 1 aromatic carbocycles. The molecular weight excluding hydrogens is 226 g/mol. The van der Waals surface area contributed by atoms with Gasteiger partial charge in [0, 0.05) is 31.0 Å². The van der Waals surface area contributed by atoms with Gasteiger partial charge in [-0.3, -0.25) is 15.2 Å². The lowest BCUT2D eigenvalue weighted by Gasteiger charge is -2.29. The topological polar surface area (TPSA) is 37.3 Å². The average Bonchev–Trinajstić information content (AvgIpc) is 2.93.